The van der Waals surface area contributed by atoms with Crippen LogP contribution in [0.2, 0.25) is 0 Å². The summed E-state index contributed by atoms with van der Waals surface area (Å²) in [6, 6.07) is 57.3. The van der Waals surface area contributed by atoms with Crippen LogP contribution in [0.25, 0.3) is 66.1 Å². The second-order valence-corrected chi connectivity index (χ2v) is 11.4. The van der Waals surface area contributed by atoms with E-state index in [2.05, 4.69) is 132 Å². The number of anilines is 3. The lowest BCUT2D eigenvalue weighted by molar-refractivity contribution is 0.669. The SMILES string of the molecule is c1ccc(-c2ccc(-c3ccc(N(c4ccc5c(c4)oc4ccccc45)c4cccc5oc6ccccc6c45)cc3)cc2)cc1. The zero-order valence-corrected chi connectivity index (χ0v) is 24.4. The Kier molecular flexibility index (Phi) is 5.82. The zero-order chi connectivity index (χ0) is 29.7. The molecule has 0 amide bonds. The predicted molar refractivity (Wildman–Crippen MR) is 187 cm³/mol. The van der Waals surface area contributed by atoms with Crippen molar-refractivity contribution >= 4 is 60.9 Å². The van der Waals surface area contributed by atoms with Gasteiger partial charge in [-0.05, 0) is 70.8 Å². The summed E-state index contributed by atoms with van der Waals surface area (Å²) in [6.45, 7) is 0. The molecule has 0 radical (unpaired) electrons. The van der Waals surface area contributed by atoms with Gasteiger partial charge in [-0.3, -0.25) is 0 Å². The van der Waals surface area contributed by atoms with E-state index in [1.807, 2.05) is 36.4 Å². The molecule has 212 valence electrons. The highest BCUT2D eigenvalue weighted by Gasteiger charge is 2.20. The molecule has 2 heterocycles. The summed E-state index contributed by atoms with van der Waals surface area (Å²) in [5.74, 6) is 0. The molecule has 0 fully saturated rings. The van der Waals surface area contributed by atoms with Crippen LogP contribution < -0.4 is 4.90 Å². The summed E-state index contributed by atoms with van der Waals surface area (Å²) in [6.07, 6.45) is 0. The smallest absolute Gasteiger partial charge is 0.137 e. The molecule has 0 aliphatic carbocycles. The van der Waals surface area contributed by atoms with Gasteiger partial charge in [0.2, 0.25) is 0 Å². The molecule has 0 unspecified atom stereocenters. The Bertz CT molecular complexity index is 2470. The van der Waals surface area contributed by atoms with E-state index in [9.17, 15) is 0 Å². The third kappa shape index (κ3) is 4.29. The first kappa shape index (κ1) is 25.4. The molecule has 0 saturated carbocycles. The molecule has 45 heavy (non-hydrogen) atoms. The molecule has 0 aliphatic rings. The minimum Gasteiger partial charge on any atom is -0.456 e. The Morgan fingerprint density at radius 3 is 1.58 bits per heavy atom. The van der Waals surface area contributed by atoms with Crippen molar-refractivity contribution in [3.63, 3.8) is 0 Å². The van der Waals surface area contributed by atoms with Crippen molar-refractivity contribution in [3.05, 3.63) is 164 Å². The Labute approximate surface area is 260 Å². The molecular weight excluding hydrogens is 550 g/mol. The fourth-order valence-corrected chi connectivity index (χ4v) is 6.51. The summed E-state index contributed by atoms with van der Waals surface area (Å²) in [5.41, 5.74) is 11.4. The topological polar surface area (TPSA) is 29.5 Å². The average Bonchev–Trinajstić information content (AvgIpc) is 3.68. The van der Waals surface area contributed by atoms with Gasteiger partial charge in [0.1, 0.15) is 22.3 Å². The van der Waals surface area contributed by atoms with Gasteiger partial charge in [0.25, 0.3) is 0 Å². The lowest BCUT2D eigenvalue weighted by Crippen LogP contribution is -2.10. The molecule has 2 aromatic heterocycles. The quantitative estimate of drug-likeness (QED) is 0.204. The van der Waals surface area contributed by atoms with Crippen LogP contribution >= 0.6 is 0 Å². The minimum absolute atomic E-state index is 0.859. The number of benzene rings is 7. The third-order valence-corrected chi connectivity index (χ3v) is 8.69. The molecule has 0 saturated heterocycles. The molecule has 0 aliphatic heterocycles. The van der Waals surface area contributed by atoms with Gasteiger partial charge in [0.05, 0.1) is 11.1 Å². The van der Waals surface area contributed by atoms with E-state index < -0.39 is 0 Å². The van der Waals surface area contributed by atoms with Crippen molar-refractivity contribution in [3.8, 4) is 22.3 Å². The van der Waals surface area contributed by atoms with E-state index in [0.29, 0.717) is 0 Å². The van der Waals surface area contributed by atoms with Crippen molar-refractivity contribution in [1.29, 1.82) is 0 Å². The van der Waals surface area contributed by atoms with Gasteiger partial charge in [-0.2, -0.15) is 0 Å². The van der Waals surface area contributed by atoms with Crippen LogP contribution in [0, 0.1) is 0 Å². The summed E-state index contributed by atoms with van der Waals surface area (Å²) < 4.78 is 12.6. The molecule has 9 aromatic rings. The standard InChI is InChI=1S/C42H27NO2/c1-2-9-28(10-3-1)29-17-19-30(20-18-29)31-21-23-32(24-22-31)43(33-25-26-35-34-11-4-6-14-38(34)45-41(35)27-33)37-13-8-16-40-42(37)36-12-5-7-15-39(36)44-40/h1-27H. The first-order valence-corrected chi connectivity index (χ1v) is 15.2. The molecule has 3 heteroatoms. The fraction of sp³-hybridized carbons (Fsp3) is 0. The maximum atomic E-state index is 6.33. The third-order valence-electron chi connectivity index (χ3n) is 8.69. The van der Waals surface area contributed by atoms with E-state index in [4.69, 9.17) is 8.83 Å². The van der Waals surface area contributed by atoms with E-state index >= 15 is 0 Å². The molecular formula is C42H27NO2. The second kappa shape index (κ2) is 10.3. The van der Waals surface area contributed by atoms with Crippen LogP contribution in [0.4, 0.5) is 17.1 Å². The van der Waals surface area contributed by atoms with Gasteiger partial charge in [0.15, 0.2) is 0 Å². The molecule has 0 atom stereocenters. The maximum Gasteiger partial charge on any atom is 0.137 e. The number of fused-ring (bicyclic) bond motifs is 6. The van der Waals surface area contributed by atoms with Crippen LogP contribution in [0.3, 0.4) is 0 Å². The Balaban J connectivity index is 1.19. The van der Waals surface area contributed by atoms with E-state index in [0.717, 1.165) is 66.5 Å². The highest BCUT2D eigenvalue weighted by Crippen LogP contribution is 2.44. The Morgan fingerprint density at radius 1 is 0.333 bits per heavy atom. The van der Waals surface area contributed by atoms with Crippen molar-refractivity contribution < 1.29 is 8.83 Å². The highest BCUT2D eigenvalue weighted by molar-refractivity contribution is 6.14. The minimum atomic E-state index is 0.859. The van der Waals surface area contributed by atoms with E-state index in [-0.39, 0.29) is 0 Å². The summed E-state index contributed by atoms with van der Waals surface area (Å²) in [7, 11) is 0. The molecule has 9 rings (SSSR count). The van der Waals surface area contributed by atoms with Gasteiger partial charge in [-0.15, -0.1) is 0 Å². The summed E-state index contributed by atoms with van der Waals surface area (Å²) in [5, 5.41) is 4.40. The van der Waals surface area contributed by atoms with Gasteiger partial charge in [0, 0.05) is 33.6 Å². The lowest BCUT2D eigenvalue weighted by Gasteiger charge is -2.26. The maximum absolute atomic E-state index is 6.33. The zero-order valence-electron chi connectivity index (χ0n) is 24.4. The van der Waals surface area contributed by atoms with Gasteiger partial charge >= 0.3 is 0 Å². The van der Waals surface area contributed by atoms with Crippen molar-refractivity contribution in [2.24, 2.45) is 0 Å². The first-order valence-electron chi connectivity index (χ1n) is 15.2. The van der Waals surface area contributed by atoms with Crippen LogP contribution in [0.1, 0.15) is 0 Å². The monoisotopic (exact) mass is 577 g/mol. The molecule has 0 bridgehead atoms. The second-order valence-electron chi connectivity index (χ2n) is 11.4. The predicted octanol–water partition coefficient (Wildman–Crippen LogP) is 12.3. The normalized spacial score (nSPS) is 11.6. The first-order chi connectivity index (χ1) is 22.3. The average molecular weight is 578 g/mol. The number of nitrogens with zero attached hydrogens (tertiary/aromatic N) is 1. The van der Waals surface area contributed by atoms with Crippen LogP contribution in [-0.4, -0.2) is 0 Å². The highest BCUT2D eigenvalue weighted by atomic mass is 16.3. The van der Waals surface area contributed by atoms with Gasteiger partial charge in [-0.1, -0.05) is 109 Å². The van der Waals surface area contributed by atoms with E-state index in [1.54, 1.807) is 0 Å². The Hall–Kier alpha value is -6.06. The van der Waals surface area contributed by atoms with Gasteiger partial charge < -0.3 is 13.7 Å². The molecule has 7 aromatic carbocycles. The number of hydrogen-bond acceptors (Lipinski definition) is 3. The largest absolute Gasteiger partial charge is 0.456 e. The van der Waals surface area contributed by atoms with E-state index in [1.165, 1.54) is 16.7 Å². The van der Waals surface area contributed by atoms with Crippen molar-refractivity contribution in [2.75, 3.05) is 4.90 Å². The number of furan rings is 2. The van der Waals surface area contributed by atoms with Crippen LogP contribution in [-0.2, 0) is 0 Å². The van der Waals surface area contributed by atoms with Crippen LogP contribution in [0.5, 0.6) is 0 Å². The van der Waals surface area contributed by atoms with Gasteiger partial charge in [-0.25, -0.2) is 0 Å². The number of hydrogen-bond donors (Lipinski definition) is 0. The van der Waals surface area contributed by atoms with Crippen molar-refractivity contribution in [2.45, 2.75) is 0 Å². The molecule has 0 spiro atoms. The summed E-state index contributed by atoms with van der Waals surface area (Å²) in [4.78, 5) is 2.30. The number of rotatable bonds is 5. The summed E-state index contributed by atoms with van der Waals surface area (Å²) >= 11 is 0. The van der Waals surface area contributed by atoms with Crippen molar-refractivity contribution in [1.82, 2.24) is 0 Å². The Morgan fingerprint density at radius 2 is 0.844 bits per heavy atom. The number of para-hydroxylation sites is 2. The molecule has 0 N–H and O–H groups in total. The fourth-order valence-electron chi connectivity index (χ4n) is 6.51. The lowest BCUT2D eigenvalue weighted by atomic mass is 10.00. The van der Waals surface area contributed by atoms with Crippen LogP contribution in [0.15, 0.2) is 173 Å². The molecule has 3 nitrogen and oxygen atoms in total.